The van der Waals surface area contributed by atoms with E-state index in [-0.39, 0.29) is 24.5 Å². The van der Waals surface area contributed by atoms with Crippen molar-refractivity contribution >= 4 is 23.6 Å². The van der Waals surface area contributed by atoms with Crippen molar-refractivity contribution in [3.05, 3.63) is 29.1 Å². The van der Waals surface area contributed by atoms with Gasteiger partial charge in [-0.15, -0.1) is 11.8 Å². The lowest BCUT2D eigenvalue weighted by Gasteiger charge is -2.22. The Morgan fingerprint density at radius 3 is 2.88 bits per heavy atom. The maximum atomic E-state index is 12.8. The summed E-state index contributed by atoms with van der Waals surface area (Å²) in [4.78, 5) is 26.1. The molecule has 10 heteroatoms. The number of rotatable bonds is 6. The summed E-state index contributed by atoms with van der Waals surface area (Å²) in [6.45, 7) is 3.38. The minimum atomic E-state index is -4.54. The number of ether oxygens (including phenoxy) is 1. The van der Waals surface area contributed by atoms with Gasteiger partial charge in [0.1, 0.15) is 11.7 Å². The van der Waals surface area contributed by atoms with Crippen LogP contribution >= 0.6 is 11.8 Å². The van der Waals surface area contributed by atoms with Gasteiger partial charge in [0.05, 0.1) is 18.7 Å². The summed E-state index contributed by atoms with van der Waals surface area (Å²) >= 11 is 1.43. The normalized spacial score (nSPS) is 18.3. The molecule has 1 aliphatic rings. The number of carbonyl (C=O) groups excluding carboxylic acids is 2. The molecule has 0 bridgehead atoms. The first-order chi connectivity index (χ1) is 12.3. The van der Waals surface area contributed by atoms with Crippen molar-refractivity contribution in [3.63, 3.8) is 0 Å². The number of amides is 1. The Bertz CT molecular complexity index is 688. The van der Waals surface area contributed by atoms with E-state index in [1.807, 2.05) is 12.0 Å². The van der Waals surface area contributed by atoms with E-state index < -0.39 is 23.9 Å². The second kappa shape index (κ2) is 8.61. The Morgan fingerprint density at radius 2 is 2.23 bits per heavy atom. The molecular formula is C16H20F3N3O3S. The standard InChI is InChI=1S/C16H20F3N3O3S/c1-3-4-10(2)14(23)22-9-26-8-12(22)15(24)25-6-5-11-7-20-21-13(11)16(17,18)19/h4,7,12H,3,5-6,8-9H2,1-2H3,(H,20,21). The second-order valence-electron chi connectivity index (χ2n) is 5.77. The van der Waals surface area contributed by atoms with Crippen LogP contribution in [0.3, 0.4) is 0 Å². The van der Waals surface area contributed by atoms with Gasteiger partial charge < -0.3 is 9.64 Å². The Labute approximate surface area is 153 Å². The largest absolute Gasteiger partial charge is 0.464 e. The fourth-order valence-electron chi connectivity index (χ4n) is 2.56. The number of nitrogens with zero attached hydrogens (tertiary/aromatic N) is 2. The van der Waals surface area contributed by atoms with Crippen molar-refractivity contribution in [2.75, 3.05) is 18.2 Å². The summed E-state index contributed by atoms with van der Waals surface area (Å²) in [5.74, 6) is -0.0468. The van der Waals surface area contributed by atoms with Crippen LogP contribution in [-0.4, -0.2) is 51.3 Å². The number of aromatic nitrogens is 2. The first-order valence-electron chi connectivity index (χ1n) is 8.07. The lowest BCUT2D eigenvalue weighted by Crippen LogP contribution is -2.43. The monoisotopic (exact) mass is 391 g/mol. The molecule has 2 heterocycles. The number of halogens is 3. The third-order valence-electron chi connectivity index (χ3n) is 3.88. The first kappa shape index (κ1) is 20.3. The van der Waals surface area contributed by atoms with Crippen LogP contribution in [0.4, 0.5) is 13.2 Å². The highest BCUT2D eigenvalue weighted by Gasteiger charge is 2.37. The van der Waals surface area contributed by atoms with E-state index >= 15 is 0 Å². The number of alkyl halides is 3. The molecule has 1 amide bonds. The predicted octanol–water partition coefficient (Wildman–Crippen LogP) is 2.77. The van der Waals surface area contributed by atoms with Gasteiger partial charge in [-0.05, 0) is 13.3 Å². The third kappa shape index (κ3) is 4.80. The van der Waals surface area contributed by atoms with Gasteiger partial charge >= 0.3 is 12.1 Å². The van der Waals surface area contributed by atoms with Crippen LogP contribution in [-0.2, 0) is 26.9 Å². The zero-order valence-electron chi connectivity index (χ0n) is 14.4. The van der Waals surface area contributed by atoms with Gasteiger partial charge in [0.15, 0.2) is 0 Å². The third-order valence-corrected chi connectivity index (χ3v) is 4.89. The fourth-order valence-corrected chi connectivity index (χ4v) is 3.70. The van der Waals surface area contributed by atoms with Gasteiger partial charge in [-0.2, -0.15) is 18.3 Å². The zero-order chi connectivity index (χ0) is 19.3. The molecule has 1 atom stereocenters. The minimum absolute atomic E-state index is 0.0687. The van der Waals surface area contributed by atoms with Crippen LogP contribution in [0, 0.1) is 0 Å². The van der Waals surface area contributed by atoms with Crippen LogP contribution in [0.2, 0.25) is 0 Å². The lowest BCUT2D eigenvalue weighted by molar-refractivity contribution is -0.152. The van der Waals surface area contributed by atoms with Crippen LogP contribution in [0.5, 0.6) is 0 Å². The van der Waals surface area contributed by atoms with Crippen molar-refractivity contribution < 1.29 is 27.5 Å². The van der Waals surface area contributed by atoms with E-state index in [1.165, 1.54) is 16.7 Å². The molecule has 144 valence electrons. The molecule has 26 heavy (non-hydrogen) atoms. The Balaban J connectivity index is 1.92. The summed E-state index contributed by atoms with van der Waals surface area (Å²) in [5, 5.41) is 5.30. The van der Waals surface area contributed by atoms with E-state index in [0.29, 0.717) is 23.6 Å². The molecule has 0 spiro atoms. The summed E-state index contributed by atoms with van der Waals surface area (Å²) in [7, 11) is 0. The molecule has 1 saturated heterocycles. The number of hydrogen-bond donors (Lipinski definition) is 1. The maximum absolute atomic E-state index is 12.8. The SMILES string of the molecule is CCC=C(C)C(=O)N1CSCC1C(=O)OCCc1cn[nH]c1C(F)(F)F. The lowest BCUT2D eigenvalue weighted by atomic mass is 10.2. The molecular weight excluding hydrogens is 371 g/mol. The Hall–Kier alpha value is -1.97. The zero-order valence-corrected chi connectivity index (χ0v) is 15.2. The Kier molecular flexibility index (Phi) is 6.74. The molecule has 1 aliphatic heterocycles. The first-order valence-corrected chi connectivity index (χ1v) is 9.22. The quantitative estimate of drug-likeness (QED) is 0.596. The van der Waals surface area contributed by atoms with E-state index in [9.17, 15) is 22.8 Å². The summed E-state index contributed by atoms with van der Waals surface area (Å²) in [6, 6.07) is -0.723. The molecule has 1 aromatic heterocycles. The van der Waals surface area contributed by atoms with Crippen molar-refractivity contribution in [2.45, 2.75) is 38.9 Å². The number of H-pyrrole nitrogens is 1. The number of nitrogens with one attached hydrogen (secondary N) is 1. The predicted molar refractivity (Wildman–Crippen MR) is 90.3 cm³/mol. The maximum Gasteiger partial charge on any atom is 0.433 e. The van der Waals surface area contributed by atoms with Crippen molar-refractivity contribution in [3.8, 4) is 0 Å². The molecule has 1 fully saturated rings. The van der Waals surface area contributed by atoms with Crippen molar-refractivity contribution in [2.24, 2.45) is 0 Å². The topological polar surface area (TPSA) is 75.3 Å². The number of thioether (sulfide) groups is 1. The highest BCUT2D eigenvalue weighted by Crippen LogP contribution is 2.30. The number of carbonyl (C=O) groups is 2. The molecule has 0 aromatic carbocycles. The van der Waals surface area contributed by atoms with Gasteiger partial charge in [0.2, 0.25) is 0 Å². The van der Waals surface area contributed by atoms with E-state index in [1.54, 1.807) is 13.0 Å². The highest BCUT2D eigenvalue weighted by atomic mass is 32.2. The van der Waals surface area contributed by atoms with Crippen molar-refractivity contribution in [1.29, 1.82) is 0 Å². The van der Waals surface area contributed by atoms with Gasteiger partial charge in [-0.25, -0.2) is 4.79 Å². The molecule has 6 nitrogen and oxygen atoms in total. The molecule has 1 aromatic rings. The van der Waals surface area contributed by atoms with Crippen LogP contribution < -0.4 is 0 Å². The number of esters is 1. The molecule has 0 saturated carbocycles. The van der Waals surface area contributed by atoms with Crippen LogP contribution in [0.1, 0.15) is 31.5 Å². The van der Waals surface area contributed by atoms with Gasteiger partial charge in [-0.3, -0.25) is 9.89 Å². The summed E-state index contributed by atoms with van der Waals surface area (Å²) < 4.78 is 43.4. The smallest absolute Gasteiger partial charge is 0.433 e. The van der Waals surface area contributed by atoms with E-state index in [0.717, 1.165) is 6.20 Å². The molecule has 0 radical (unpaired) electrons. The molecule has 1 unspecified atom stereocenters. The summed E-state index contributed by atoms with van der Waals surface area (Å²) in [6.07, 6.45) is -1.09. The van der Waals surface area contributed by atoms with Gasteiger partial charge in [-0.1, -0.05) is 13.0 Å². The van der Waals surface area contributed by atoms with E-state index in [2.05, 4.69) is 5.10 Å². The molecule has 2 rings (SSSR count). The minimum Gasteiger partial charge on any atom is -0.464 e. The van der Waals surface area contributed by atoms with E-state index in [4.69, 9.17) is 4.74 Å². The van der Waals surface area contributed by atoms with Crippen LogP contribution in [0.15, 0.2) is 17.8 Å². The van der Waals surface area contributed by atoms with Crippen LogP contribution in [0.25, 0.3) is 0 Å². The second-order valence-corrected chi connectivity index (χ2v) is 6.77. The molecule has 1 N–H and O–H groups in total. The van der Waals surface area contributed by atoms with Gasteiger partial charge in [0.25, 0.3) is 5.91 Å². The van der Waals surface area contributed by atoms with Gasteiger partial charge in [0, 0.05) is 23.3 Å². The average molecular weight is 391 g/mol. The number of hydrogen-bond acceptors (Lipinski definition) is 5. The fraction of sp³-hybridized carbons (Fsp3) is 0.562. The summed E-state index contributed by atoms with van der Waals surface area (Å²) in [5.41, 5.74) is -0.455. The molecule has 0 aliphatic carbocycles. The number of allylic oxidation sites excluding steroid dienone is 1. The average Bonchev–Trinajstić information content (AvgIpc) is 3.22. The highest BCUT2D eigenvalue weighted by molar-refractivity contribution is 7.99. The Morgan fingerprint density at radius 1 is 1.50 bits per heavy atom. The number of aromatic amines is 1. The van der Waals surface area contributed by atoms with Crippen molar-refractivity contribution in [1.82, 2.24) is 15.1 Å².